The molecule has 0 bridgehead atoms. The van der Waals surface area contributed by atoms with Crippen molar-refractivity contribution < 1.29 is 19.1 Å². The summed E-state index contributed by atoms with van der Waals surface area (Å²) in [6.45, 7) is 0.298. The molecule has 1 amide bonds. The van der Waals surface area contributed by atoms with E-state index in [2.05, 4.69) is 9.72 Å². The lowest BCUT2D eigenvalue weighted by molar-refractivity contribution is -0.151. The third kappa shape index (κ3) is 2.78. The largest absolute Gasteiger partial charge is 0.468 e. The summed E-state index contributed by atoms with van der Waals surface area (Å²) in [5, 5.41) is 0. The summed E-state index contributed by atoms with van der Waals surface area (Å²) in [6, 6.07) is 3.31. The highest BCUT2D eigenvalue weighted by atomic mass is 16.5. The van der Waals surface area contributed by atoms with Crippen molar-refractivity contribution in [2.24, 2.45) is 5.92 Å². The van der Waals surface area contributed by atoms with E-state index in [9.17, 15) is 14.4 Å². The first-order valence-corrected chi connectivity index (χ1v) is 5.93. The Morgan fingerprint density at radius 2 is 2.26 bits per heavy atom. The summed E-state index contributed by atoms with van der Waals surface area (Å²) in [5.74, 6) is -1.80. The molecule has 1 fully saturated rings. The van der Waals surface area contributed by atoms with Crippen LogP contribution in [0.25, 0.3) is 0 Å². The number of esters is 1. The molecular formula is C13H14N2O4. The van der Waals surface area contributed by atoms with Crippen molar-refractivity contribution in [2.45, 2.75) is 6.42 Å². The van der Waals surface area contributed by atoms with Crippen LogP contribution in [0.5, 0.6) is 0 Å². The zero-order valence-corrected chi connectivity index (χ0v) is 10.5. The molecule has 6 heteroatoms. The maximum atomic E-state index is 12.1. The number of hydrogen-bond donors (Lipinski definition) is 0. The topological polar surface area (TPSA) is 76.6 Å². The number of ether oxygens (including phenoxy) is 1. The first-order valence-electron chi connectivity index (χ1n) is 5.93. The number of hydrogen-bond acceptors (Lipinski definition) is 5. The molecule has 0 spiro atoms. The molecule has 0 N–H and O–H groups in total. The van der Waals surface area contributed by atoms with Crippen molar-refractivity contribution in [3.8, 4) is 0 Å². The van der Waals surface area contributed by atoms with E-state index in [0.29, 0.717) is 18.5 Å². The number of Topliss-reactive ketones (excluding diaryl/α,β-unsaturated/α-hetero) is 1. The lowest BCUT2D eigenvalue weighted by atomic mass is 9.95. The predicted molar refractivity (Wildman–Crippen MR) is 65.3 cm³/mol. The highest BCUT2D eigenvalue weighted by Gasteiger charge is 2.35. The molecule has 1 saturated heterocycles. The Morgan fingerprint density at radius 3 is 2.84 bits per heavy atom. The van der Waals surface area contributed by atoms with Crippen LogP contribution in [0.4, 0.5) is 0 Å². The van der Waals surface area contributed by atoms with E-state index in [1.807, 2.05) is 0 Å². The average Bonchev–Trinajstić information content (AvgIpc) is 2.46. The zero-order valence-electron chi connectivity index (χ0n) is 10.5. The van der Waals surface area contributed by atoms with Gasteiger partial charge in [0.2, 0.25) is 0 Å². The lowest BCUT2D eigenvalue weighted by Crippen LogP contribution is -2.46. The van der Waals surface area contributed by atoms with Crippen LogP contribution in [0.3, 0.4) is 0 Å². The molecule has 0 radical (unpaired) electrons. The second-order valence-electron chi connectivity index (χ2n) is 4.30. The second kappa shape index (κ2) is 5.60. The van der Waals surface area contributed by atoms with Crippen molar-refractivity contribution in [3.63, 3.8) is 0 Å². The van der Waals surface area contributed by atoms with Crippen LogP contribution in [0.15, 0.2) is 24.5 Å². The molecule has 0 aliphatic carbocycles. The summed E-state index contributed by atoms with van der Waals surface area (Å²) in [5.41, 5.74) is 0.437. The van der Waals surface area contributed by atoms with E-state index >= 15 is 0 Å². The molecular weight excluding hydrogens is 248 g/mol. The number of likely N-dealkylation sites (tertiary alicyclic amines) is 1. The van der Waals surface area contributed by atoms with Gasteiger partial charge in [-0.05, 0) is 18.6 Å². The number of piperidine rings is 1. The summed E-state index contributed by atoms with van der Waals surface area (Å²) in [6.07, 6.45) is 3.34. The first-order chi connectivity index (χ1) is 9.13. The van der Waals surface area contributed by atoms with Crippen molar-refractivity contribution in [3.05, 3.63) is 30.1 Å². The van der Waals surface area contributed by atoms with Gasteiger partial charge in [-0.15, -0.1) is 0 Å². The molecule has 0 aromatic carbocycles. The Kier molecular flexibility index (Phi) is 3.89. The molecule has 1 atom stereocenters. The predicted octanol–water partition coefficient (Wildman–Crippen LogP) is 0.286. The summed E-state index contributed by atoms with van der Waals surface area (Å²) < 4.78 is 4.57. The van der Waals surface area contributed by atoms with Gasteiger partial charge < -0.3 is 9.64 Å². The lowest BCUT2D eigenvalue weighted by Gasteiger charge is -2.29. The van der Waals surface area contributed by atoms with E-state index in [1.165, 1.54) is 18.2 Å². The van der Waals surface area contributed by atoms with Gasteiger partial charge in [0.25, 0.3) is 5.91 Å². The fraction of sp³-hybridized carbons (Fsp3) is 0.385. The van der Waals surface area contributed by atoms with E-state index in [1.54, 1.807) is 18.3 Å². The van der Waals surface area contributed by atoms with Crippen LogP contribution in [0, 0.1) is 5.92 Å². The van der Waals surface area contributed by atoms with Gasteiger partial charge in [-0.3, -0.25) is 19.4 Å². The van der Waals surface area contributed by atoms with Crippen LogP contribution in [-0.4, -0.2) is 47.7 Å². The molecule has 1 aliphatic heterocycles. The highest BCUT2D eigenvalue weighted by Crippen LogP contribution is 2.17. The number of nitrogens with zero attached hydrogens (tertiary/aromatic N) is 2. The molecule has 6 nitrogen and oxygen atoms in total. The van der Waals surface area contributed by atoms with Gasteiger partial charge in [0.1, 0.15) is 5.92 Å². The Labute approximate surface area is 110 Å². The number of rotatable bonds is 2. The molecule has 2 heterocycles. The standard InChI is InChI=1S/C13H14N2O4/c1-19-13(18)10-4-6-15(8-11(10)16)12(17)9-3-2-5-14-7-9/h2-3,5,7,10H,4,6,8H2,1H3. The molecule has 19 heavy (non-hydrogen) atoms. The van der Waals surface area contributed by atoms with Gasteiger partial charge in [-0.25, -0.2) is 0 Å². The molecule has 1 aromatic rings. The van der Waals surface area contributed by atoms with Gasteiger partial charge in [-0.1, -0.05) is 0 Å². The number of methoxy groups -OCH3 is 1. The maximum absolute atomic E-state index is 12.1. The SMILES string of the molecule is COC(=O)C1CCN(C(=O)c2cccnc2)CC1=O. The van der Waals surface area contributed by atoms with Crippen molar-refractivity contribution >= 4 is 17.7 Å². The molecule has 100 valence electrons. The maximum Gasteiger partial charge on any atom is 0.316 e. The Hall–Kier alpha value is -2.24. The summed E-state index contributed by atoms with van der Waals surface area (Å²) >= 11 is 0. The van der Waals surface area contributed by atoms with Crippen LogP contribution < -0.4 is 0 Å². The summed E-state index contributed by atoms with van der Waals surface area (Å²) in [7, 11) is 1.25. The number of carbonyl (C=O) groups is 3. The molecule has 0 saturated carbocycles. The van der Waals surface area contributed by atoms with Gasteiger partial charge in [0, 0.05) is 18.9 Å². The third-order valence-corrected chi connectivity index (χ3v) is 3.10. The van der Waals surface area contributed by atoms with E-state index < -0.39 is 11.9 Å². The molecule has 1 aliphatic rings. The third-order valence-electron chi connectivity index (χ3n) is 3.10. The van der Waals surface area contributed by atoms with E-state index in [-0.39, 0.29) is 18.2 Å². The highest BCUT2D eigenvalue weighted by molar-refractivity contribution is 6.03. The Bertz CT molecular complexity index is 501. The summed E-state index contributed by atoms with van der Waals surface area (Å²) in [4.78, 5) is 40.6. The first kappa shape index (κ1) is 13.2. The van der Waals surface area contributed by atoms with E-state index in [0.717, 1.165) is 0 Å². The van der Waals surface area contributed by atoms with Crippen LogP contribution in [0.1, 0.15) is 16.8 Å². The molecule has 1 aromatic heterocycles. The minimum Gasteiger partial charge on any atom is -0.468 e. The van der Waals surface area contributed by atoms with Crippen molar-refractivity contribution in [1.82, 2.24) is 9.88 Å². The number of ketones is 1. The molecule has 1 unspecified atom stereocenters. The minimum atomic E-state index is -0.747. The number of carbonyl (C=O) groups excluding carboxylic acids is 3. The van der Waals surface area contributed by atoms with Gasteiger partial charge in [-0.2, -0.15) is 0 Å². The van der Waals surface area contributed by atoms with E-state index in [4.69, 9.17) is 0 Å². The number of aromatic nitrogens is 1. The average molecular weight is 262 g/mol. The van der Waals surface area contributed by atoms with Crippen molar-refractivity contribution in [2.75, 3.05) is 20.2 Å². The normalized spacial score (nSPS) is 19.1. The zero-order chi connectivity index (χ0) is 13.8. The Balaban J connectivity index is 2.05. The smallest absolute Gasteiger partial charge is 0.316 e. The van der Waals surface area contributed by atoms with Crippen molar-refractivity contribution in [1.29, 1.82) is 0 Å². The fourth-order valence-electron chi connectivity index (χ4n) is 2.06. The van der Waals surface area contributed by atoms with Crippen LogP contribution >= 0.6 is 0 Å². The van der Waals surface area contributed by atoms with Gasteiger partial charge in [0.15, 0.2) is 5.78 Å². The molecule has 2 rings (SSSR count). The van der Waals surface area contributed by atoms with Gasteiger partial charge in [0.05, 0.1) is 19.2 Å². The Morgan fingerprint density at radius 1 is 1.47 bits per heavy atom. The quantitative estimate of drug-likeness (QED) is 0.565. The number of pyridine rings is 1. The van der Waals surface area contributed by atoms with Crippen LogP contribution in [0.2, 0.25) is 0 Å². The second-order valence-corrected chi connectivity index (χ2v) is 4.30. The van der Waals surface area contributed by atoms with Crippen LogP contribution in [-0.2, 0) is 14.3 Å². The monoisotopic (exact) mass is 262 g/mol. The fourth-order valence-corrected chi connectivity index (χ4v) is 2.06. The number of amides is 1. The minimum absolute atomic E-state index is 0.0620. The van der Waals surface area contributed by atoms with Gasteiger partial charge >= 0.3 is 5.97 Å².